The summed E-state index contributed by atoms with van der Waals surface area (Å²) in [5.41, 5.74) is 1.83. The number of Topliss-reactive ketones (excluding diaryl/α,β-unsaturated/α-hetero) is 1. The van der Waals surface area contributed by atoms with Crippen LogP contribution in [-0.2, 0) is 14.8 Å². The SMILES string of the molecule is CC(=O)c1ccc(S(=O)(=O)NCCC(=O)Nc2cccc(C(=O)c3ccccc3)c2)cc1. The Morgan fingerprint density at radius 1 is 0.781 bits per heavy atom. The number of carbonyl (C=O) groups excluding carboxylic acids is 3. The van der Waals surface area contributed by atoms with Gasteiger partial charge in [-0.05, 0) is 31.2 Å². The van der Waals surface area contributed by atoms with Crippen LogP contribution in [0.15, 0.2) is 83.8 Å². The molecule has 0 aliphatic heterocycles. The largest absolute Gasteiger partial charge is 0.326 e. The second-order valence-corrected chi connectivity index (χ2v) is 8.82. The van der Waals surface area contributed by atoms with Gasteiger partial charge in [-0.3, -0.25) is 14.4 Å². The van der Waals surface area contributed by atoms with E-state index < -0.39 is 15.9 Å². The predicted molar refractivity (Wildman–Crippen MR) is 121 cm³/mol. The summed E-state index contributed by atoms with van der Waals surface area (Å²) in [6.07, 6.45) is -0.0956. The van der Waals surface area contributed by atoms with Gasteiger partial charge >= 0.3 is 0 Å². The molecule has 0 atom stereocenters. The molecule has 0 spiro atoms. The normalized spacial score (nSPS) is 11.0. The Morgan fingerprint density at radius 3 is 2.09 bits per heavy atom. The van der Waals surface area contributed by atoms with Crippen LogP contribution in [-0.4, -0.2) is 32.4 Å². The number of amides is 1. The number of ketones is 2. The number of hydrogen-bond donors (Lipinski definition) is 2. The fourth-order valence-electron chi connectivity index (χ4n) is 2.97. The van der Waals surface area contributed by atoms with Crippen molar-refractivity contribution >= 4 is 33.2 Å². The molecule has 0 saturated heterocycles. The molecule has 0 radical (unpaired) electrons. The van der Waals surface area contributed by atoms with Gasteiger partial charge in [-0.1, -0.05) is 54.6 Å². The van der Waals surface area contributed by atoms with Crippen molar-refractivity contribution in [2.24, 2.45) is 0 Å². The first kappa shape index (κ1) is 23.1. The van der Waals surface area contributed by atoms with Crippen LogP contribution in [0.2, 0.25) is 0 Å². The molecule has 0 aliphatic carbocycles. The number of nitrogens with one attached hydrogen (secondary N) is 2. The second kappa shape index (κ2) is 10.1. The summed E-state index contributed by atoms with van der Waals surface area (Å²) < 4.78 is 27.0. The van der Waals surface area contributed by atoms with E-state index in [1.54, 1.807) is 48.5 Å². The number of benzene rings is 3. The van der Waals surface area contributed by atoms with E-state index in [9.17, 15) is 22.8 Å². The van der Waals surface area contributed by atoms with E-state index >= 15 is 0 Å². The van der Waals surface area contributed by atoms with Crippen molar-refractivity contribution in [3.05, 3.63) is 95.6 Å². The van der Waals surface area contributed by atoms with Crippen molar-refractivity contribution in [2.45, 2.75) is 18.2 Å². The molecular formula is C24H22N2O5S. The lowest BCUT2D eigenvalue weighted by atomic mass is 10.0. The average Bonchev–Trinajstić information content (AvgIpc) is 2.79. The van der Waals surface area contributed by atoms with E-state index in [0.29, 0.717) is 22.4 Å². The Morgan fingerprint density at radius 2 is 1.44 bits per heavy atom. The first-order chi connectivity index (χ1) is 15.3. The Hall–Kier alpha value is -3.62. The first-order valence-corrected chi connectivity index (χ1v) is 11.3. The topological polar surface area (TPSA) is 109 Å². The molecule has 0 aliphatic rings. The van der Waals surface area contributed by atoms with Crippen molar-refractivity contribution in [1.29, 1.82) is 0 Å². The molecule has 8 heteroatoms. The van der Waals surface area contributed by atoms with E-state index in [2.05, 4.69) is 10.0 Å². The van der Waals surface area contributed by atoms with Crippen LogP contribution in [0, 0.1) is 0 Å². The molecule has 2 N–H and O–H groups in total. The monoisotopic (exact) mass is 450 g/mol. The minimum Gasteiger partial charge on any atom is -0.326 e. The van der Waals surface area contributed by atoms with E-state index in [4.69, 9.17) is 0 Å². The maximum Gasteiger partial charge on any atom is 0.240 e. The summed E-state index contributed by atoms with van der Waals surface area (Å²) in [5.74, 6) is -0.720. The van der Waals surface area contributed by atoms with Gasteiger partial charge < -0.3 is 5.32 Å². The zero-order chi connectivity index (χ0) is 23.1. The van der Waals surface area contributed by atoms with Crippen LogP contribution in [0.1, 0.15) is 39.6 Å². The van der Waals surface area contributed by atoms with Gasteiger partial charge in [0.1, 0.15) is 0 Å². The van der Waals surface area contributed by atoms with Crippen LogP contribution in [0.25, 0.3) is 0 Å². The molecular weight excluding hydrogens is 428 g/mol. The van der Waals surface area contributed by atoms with Crippen LogP contribution in [0.5, 0.6) is 0 Å². The van der Waals surface area contributed by atoms with Gasteiger partial charge in [-0.2, -0.15) is 0 Å². The number of carbonyl (C=O) groups is 3. The van der Waals surface area contributed by atoms with Crippen molar-refractivity contribution < 1.29 is 22.8 Å². The first-order valence-electron chi connectivity index (χ1n) is 9.86. The number of hydrogen-bond acceptors (Lipinski definition) is 5. The standard InChI is InChI=1S/C24H22N2O5S/c1-17(27)18-10-12-22(13-11-18)32(30,31)25-15-14-23(28)26-21-9-5-8-20(16-21)24(29)19-6-3-2-4-7-19/h2-13,16,25H,14-15H2,1H3,(H,26,28). The van der Waals surface area contributed by atoms with Crippen molar-refractivity contribution in [3.8, 4) is 0 Å². The lowest BCUT2D eigenvalue weighted by Crippen LogP contribution is -2.27. The highest BCUT2D eigenvalue weighted by Crippen LogP contribution is 2.15. The van der Waals surface area contributed by atoms with Crippen LogP contribution in [0.3, 0.4) is 0 Å². The quantitative estimate of drug-likeness (QED) is 0.486. The second-order valence-electron chi connectivity index (χ2n) is 7.05. The van der Waals surface area contributed by atoms with E-state index in [0.717, 1.165) is 0 Å². The van der Waals surface area contributed by atoms with Gasteiger partial charge in [0.15, 0.2) is 11.6 Å². The van der Waals surface area contributed by atoms with Gasteiger partial charge in [0, 0.05) is 35.3 Å². The minimum atomic E-state index is -3.81. The zero-order valence-corrected chi connectivity index (χ0v) is 18.2. The lowest BCUT2D eigenvalue weighted by molar-refractivity contribution is -0.116. The molecule has 7 nitrogen and oxygen atoms in total. The summed E-state index contributed by atoms with van der Waals surface area (Å²) in [6, 6.07) is 20.9. The average molecular weight is 451 g/mol. The third kappa shape index (κ3) is 5.96. The summed E-state index contributed by atoms with van der Waals surface area (Å²) in [4.78, 5) is 36.1. The summed E-state index contributed by atoms with van der Waals surface area (Å²) in [5, 5.41) is 2.67. The molecule has 0 aromatic heterocycles. The molecule has 3 rings (SSSR count). The number of sulfonamides is 1. The van der Waals surface area contributed by atoms with Gasteiger partial charge in [0.2, 0.25) is 15.9 Å². The van der Waals surface area contributed by atoms with Crippen LogP contribution >= 0.6 is 0 Å². The van der Waals surface area contributed by atoms with E-state index in [-0.39, 0.29) is 29.4 Å². The Balaban J connectivity index is 1.56. The fourth-order valence-corrected chi connectivity index (χ4v) is 4.00. The maximum absolute atomic E-state index is 12.6. The molecule has 164 valence electrons. The van der Waals surface area contributed by atoms with Gasteiger partial charge in [0.05, 0.1) is 4.90 Å². The summed E-state index contributed by atoms with van der Waals surface area (Å²) in [7, 11) is -3.81. The van der Waals surface area contributed by atoms with Crippen molar-refractivity contribution in [3.63, 3.8) is 0 Å². The molecule has 0 unspecified atom stereocenters. The Bertz CT molecular complexity index is 1240. The third-order valence-electron chi connectivity index (χ3n) is 4.66. The van der Waals surface area contributed by atoms with Gasteiger partial charge in [0.25, 0.3) is 0 Å². The highest BCUT2D eigenvalue weighted by atomic mass is 32.2. The summed E-state index contributed by atoms with van der Waals surface area (Å²) >= 11 is 0. The molecule has 0 fully saturated rings. The molecule has 3 aromatic rings. The van der Waals surface area contributed by atoms with E-state index in [1.165, 1.54) is 31.2 Å². The smallest absolute Gasteiger partial charge is 0.240 e. The third-order valence-corrected chi connectivity index (χ3v) is 6.14. The molecule has 1 amide bonds. The zero-order valence-electron chi connectivity index (χ0n) is 17.4. The highest BCUT2D eigenvalue weighted by Gasteiger charge is 2.15. The molecule has 32 heavy (non-hydrogen) atoms. The lowest BCUT2D eigenvalue weighted by Gasteiger charge is -2.09. The predicted octanol–water partition coefficient (Wildman–Crippen LogP) is 3.43. The number of anilines is 1. The van der Waals surface area contributed by atoms with Gasteiger partial charge in [-0.15, -0.1) is 0 Å². The van der Waals surface area contributed by atoms with E-state index in [1.807, 2.05) is 6.07 Å². The maximum atomic E-state index is 12.6. The molecule has 0 saturated carbocycles. The fraction of sp³-hybridized carbons (Fsp3) is 0.125. The minimum absolute atomic E-state index is 0.00929. The summed E-state index contributed by atoms with van der Waals surface area (Å²) in [6.45, 7) is 1.29. The van der Waals surface area contributed by atoms with Gasteiger partial charge in [-0.25, -0.2) is 13.1 Å². The Kier molecular flexibility index (Phi) is 7.29. The highest BCUT2D eigenvalue weighted by molar-refractivity contribution is 7.89. The van der Waals surface area contributed by atoms with Crippen molar-refractivity contribution in [2.75, 3.05) is 11.9 Å². The van der Waals surface area contributed by atoms with Crippen LogP contribution in [0.4, 0.5) is 5.69 Å². The van der Waals surface area contributed by atoms with Crippen LogP contribution < -0.4 is 10.0 Å². The molecule has 0 heterocycles. The molecule has 0 bridgehead atoms. The number of rotatable bonds is 9. The Labute approximate surface area is 186 Å². The molecule has 3 aromatic carbocycles. The van der Waals surface area contributed by atoms with Crippen molar-refractivity contribution in [1.82, 2.24) is 4.72 Å².